The van der Waals surface area contributed by atoms with E-state index in [0.717, 1.165) is 0 Å². The normalized spacial score (nSPS) is 36.3. The summed E-state index contributed by atoms with van der Waals surface area (Å²) in [7, 11) is 0. The van der Waals surface area contributed by atoms with Crippen molar-refractivity contribution in [2.75, 3.05) is 13.2 Å². The van der Waals surface area contributed by atoms with Gasteiger partial charge in [0.25, 0.3) is 6.04 Å². The number of ether oxygens (including phenoxy) is 1. The van der Waals surface area contributed by atoms with Crippen LogP contribution in [0.15, 0.2) is 0 Å². The smallest absolute Gasteiger partial charge is 0.261 e. The molecule has 0 unspecified atom stereocenters. The quantitative estimate of drug-likeness (QED) is 0.407. The molecule has 0 aliphatic carbocycles. The van der Waals surface area contributed by atoms with Crippen molar-refractivity contribution in [1.82, 2.24) is 0 Å². The van der Waals surface area contributed by atoms with E-state index in [4.69, 9.17) is 9.84 Å². The van der Waals surface area contributed by atoms with Gasteiger partial charge in [-0.1, -0.05) is 0 Å². The molecule has 0 aromatic rings. The maximum absolute atomic E-state index is 10.3. The van der Waals surface area contributed by atoms with Crippen LogP contribution in [-0.4, -0.2) is 46.6 Å². The van der Waals surface area contributed by atoms with E-state index in [9.17, 15) is 15.2 Å². The van der Waals surface area contributed by atoms with Gasteiger partial charge < -0.3 is 14.9 Å². The lowest BCUT2D eigenvalue weighted by Gasteiger charge is -2.27. The molecule has 6 heteroatoms. The summed E-state index contributed by atoms with van der Waals surface area (Å²) in [5.41, 5.74) is 0. The molecule has 1 rings (SSSR count). The molecule has 70 valence electrons. The second kappa shape index (κ2) is 3.79. The van der Waals surface area contributed by atoms with Gasteiger partial charge in [0.1, 0.15) is 12.7 Å². The van der Waals surface area contributed by atoms with Gasteiger partial charge in [-0.15, -0.1) is 0 Å². The van der Waals surface area contributed by atoms with Gasteiger partial charge in [0.2, 0.25) is 0 Å². The Balaban J connectivity index is 2.47. The first-order chi connectivity index (χ1) is 5.65. The number of hydrogen-bond acceptors (Lipinski definition) is 5. The summed E-state index contributed by atoms with van der Waals surface area (Å²) in [4.78, 5) is 9.71. The number of aliphatic hydroxyl groups excluding tert-OH is 2. The molecule has 1 saturated heterocycles. The number of nitro groups is 1. The van der Waals surface area contributed by atoms with E-state index in [0.29, 0.717) is 0 Å². The molecule has 1 heterocycles. The van der Waals surface area contributed by atoms with Gasteiger partial charge in [0.05, 0.1) is 12.7 Å². The molecule has 1 aliphatic rings. The van der Waals surface area contributed by atoms with Crippen LogP contribution < -0.4 is 0 Å². The minimum absolute atomic E-state index is 0.126. The highest BCUT2D eigenvalue weighted by atomic mass is 16.6. The molecule has 6 nitrogen and oxygen atoms in total. The molecule has 12 heavy (non-hydrogen) atoms. The van der Waals surface area contributed by atoms with Gasteiger partial charge in [0.15, 0.2) is 0 Å². The molecule has 3 atom stereocenters. The van der Waals surface area contributed by atoms with Gasteiger partial charge in [-0.2, -0.15) is 0 Å². The third-order valence-electron chi connectivity index (χ3n) is 1.93. The van der Waals surface area contributed by atoms with Crippen LogP contribution in [0.5, 0.6) is 0 Å². The van der Waals surface area contributed by atoms with Crippen molar-refractivity contribution in [2.24, 2.45) is 0 Å². The molecule has 2 N–H and O–H groups in total. The Kier molecular flexibility index (Phi) is 2.96. The van der Waals surface area contributed by atoms with Crippen LogP contribution in [-0.2, 0) is 4.74 Å². The Labute approximate surface area is 68.9 Å². The van der Waals surface area contributed by atoms with Crippen molar-refractivity contribution in [3.05, 3.63) is 10.1 Å². The minimum Gasteiger partial charge on any atom is -0.394 e. The van der Waals surface area contributed by atoms with Crippen molar-refractivity contribution >= 4 is 0 Å². The maximum Gasteiger partial charge on any atom is 0.261 e. The minimum atomic E-state index is -1.05. The van der Waals surface area contributed by atoms with Gasteiger partial charge >= 0.3 is 0 Å². The predicted octanol–water partition coefficient (Wildman–Crippen LogP) is -1.23. The van der Waals surface area contributed by atoms with E-state index < -0.39 is 23.2 Å². The summed E-state index contributed by atoms with van der Waals surface area (Å²) in [6.07, 6.45) is -1.34. The van der Waals surface area contributed by atoms with Gasteiger partial charge in [0, 0.05) is 11.3 Å². The van der Waals surface area contributed by atoms with Crippen LogP contribution >= 0.6 is 0 Å². The van der Waals surface area contributed by atoms with Crippen molar-refractivity contribution in [1.29, 1.82) is 0 Å². The summed E-state index contributed by atoms with van der Waals surface area (Å²) >= 11 is 0. The summed E-state index contributed by atoms with van der Waals surface area (Å²) in [6.45, 7) is -0.332. The fraction of sp³-hybridized carbons (Fsp3) is 1.00. The molecule has 1 aliphatic heterocycles. The number of hydrogen-bond donors (Lipinski definition) is 2. The van der Waals surface area contributed by atoms with Crippen LogP contribution in [0.4, 0.5) is 0 Å². The highest BCUT2D eigenvalue weighted by Gasteiger charge is 2.37. The molecular formula is C6H11NO5. The summed E-state index contributed by atoms with van der Waals surface area (Å²) in [6, 6.07) is -1.05. The van der Waals surface area contributed by atoms with Gasteiger partial charge in [-0.05, 0) is 0 Å². The van der Waals surface area contributed by atoms with Crippen molar-refractivity contribution in [3.63, 3.8) is 0 Å². The first-order valence-corrected chi connectivity index (χ1v) is 3.69. The van der Waals surface area contributed by atoms with Gasteiger partial charge in [-0.25, -0.2) is 0 Å². The average molecular weight is 177 g/mol. The summed E-state index contributed by atoms with van der Waals surface area (Å²) in [5.74, 6) is 0. The highest BCUT2D eigenvalue weighted by molar-refractivity contribution is 4.77. The molecule has 0 saturated carbocycles. The zero-order valence-corrected chi connectivity index (χ0v) is 6.42. The summed E-state index contributed by atoms with van der Waals surface area (Å²) in [5, 5.41) is 28.1. The van der Waals surface area contributed by atoms with Crippen molar-refractivity contribution in [3.8, 4) is 0 Å². The molecule has 0 aromatic heterocycles. The number of aliphatic hydroxyl groups is 2. The number of nitrogens with zero attached hydrogens (tertiary/aromatic N) is 1. The Hall–Kier alpha value is -0.720. The Morgan fingerprint density at radius 2 is 2.33 bits per heavy atom. The zero-order chi connectivity index (χ0) is 9.14. The van der Waals surface area contributed by atoms with Crippen molar-refractivity contribution < 1.29 is 19.9 Å². The standard InChI is InChI=1S/C6H11NO5/c8-2-4-1-6(9)5(3-12-4)7(10)11/h4-6,8-9H,1-3H2/t4-,5-,6-/m1/s1. The fourth-order valence-electron chi connectivity index (χ4n) is 1.17. The first-order valence-electron chi connectivity index (χ1n) is 3.69. The van der Waals surface area contributed by atoms with E-state index in [2.05, 4.69) is 0 Å². The molecule has 0 radical (unpaired) electrons. The molecule has 0 amide bonds. The zero-order valence-electron chi connectivity index (χ0n) is 6.42. The van der Waals surface area contributed by atoms with Crippen LogP contribution in [0.25, 0.3) is 0 Å². The Bertz CT molecular complexity index is 173. The van der Waals surface area contributed by atoms with E-state index in [-0.39, 0.29) is 19.6 Å². The van der Waals surface area contributed by atoms with Crippen LogP contribution in [0.2, 0.25) is 0 Å². The molecule has 0 aromatic carbocycles. The SMILES string of the molecule is O=[N+]([O-])[C@@H]1CO[C@@H](CO)C[C@H]1O. The third-order valence-corrected chi connectivity index (χ3v) is 1.93. The maximum atomic E-state index is 10.3. The fourth-order valence-corrected chi connectivity index (χ4v) is 1.17. The monoisotopic (exact) mass is 177 g/mol. The van der Waals surface area contributed by atoms with E-state index in [1.807, 2.05) is 0 Å². The predicted molar refractivity (Wildman–Crippen MR) is 38.2 cm³/mol. The summed E-state index contributed by atoms with van der Waals surface area (Å²) < 4.78 is 4.92. The molecule has 0 spiro atoms. The van der Waals surface area contributed by atoms with E-state index >= 15 is 0 Å². The van der Waals surface area contributed by atoms with Crippen molar-refractivity contribution in [2.45, 2.75) is 24.7 Å². The van der Waals surface area contributed by atoms with Crippen LogP contribution in [0.1, 0.15) is 6.42 Å². The lowest BCUT2D eigenvalue weighted by Crippen LogP contribution is -2.46. The van der Waals surface area contributed by atoms with Crippen LogP contribution in [0.3, 0.4) is 0 Å². The van der Waals surface area contributed by atoms with E-state index in [1.54, 1.807) is 0 Å². The lowest BCUT2D eigenvalue weighted by molar-refractivity contribution is -0.544. The average Bonchev–Trinajstić information content (AvgIpc) is 2.03. The van der Waals surface area contributed by atoms with Crippen LogP contribution in [0, 0.1) is 10.1 Å². The second-order valence-electron chi connectivity index (χ2n) is 2.79. The first kappa shape index (κ1) is 9.37. The second-order valence-corrected chi connectivity index (χ2v) is 2.79. The highest BCUT2D eigenvalue weighted by Crippen LogP contribution is 2.15. The molecule has 1 fully saturated rings. The number of rotatable bonds is 2. The third kappa shape index (κ3) is 1.90. The lowest BCUT2D eigenvalue weighted by atomic mass is 10.0. The Morgan fingerprint density at radius 1 is 1.67 bits per heavy atom. The molecular weight excluding hydrogens is 166 g/mol. The Morgan fingerprint density at radius 3 is 2.75 bits per heavy atom. The largest absolute Gasteiger partial charge is 0.394 e. The van der Waals surface area contributed by atoms with Gasteiger partial charge in [-0.3, -0.25) is 10.1 Å². The van der Waals surface area contributed by atoms with E-state index in [1.165, 1.54) is 0 Å². The molecule has 0 bridgehead atoms. The topological polar surface area (TPSA) is 92.8 Å².